The number of rotatable bonds is 4. The number of carboxylic acid groups (broad SMARTS) is 1. The van der Waals surface area contributed by atoms with Gasteiger partial charge in [-0.2, -0.15) is 0 Å². The van der Waals surface area contributed by atoms with Crippen molar-refractivity contribution >= 4 is 18.4 Å². The van der Waals surface area contributed by atoms with E-state index in [4.69, 9.17) is 5.11 Å². The van der Waals surface area contributed by atoms with Gasteiger partial charge in [0.25, 0.3) is 0 Å². The van der Waals surface area contributed by atoms with Crippen LogP contribution in [0.15, 0.2) is 30.3 Å². The molecule has 0 saturated heterocycles. The van der Waals surface area contributed by atoms with E-state index >= 15 is 0 Å². The van der Waals surface area contributed by atoms with Crippen LogP contribution in [0.2, 0.25) is 0 Å². The largest absolute Gasteiger partial charge is 0.480 e. The molecule has 1 aromatic rings. The zero-order valence-electron chi connectivity index (χ0n) is 8.88. The first-order valence-electron chi connectivity index (χ1n) is 4.54. The summed E-state index contributed by atoms with van der Waals surface area (Å²) in [7, 11) is 3.56. The fourth-order valence-electron chi connectivity index (χ4n) is 1.33. The fraction of sp³-hybridized carbons (Fsp3) is 0.364. The van der Waals surface area contributed by atoms with Crippen LogP contribution in [0.4, 0.5) is 0 Å². The minimum absolute atomic E-state index is 0. The first-order valence-corrected chi connectivity index (χ1v) is 4.54. The maximum atomic E-state index is 10.9. The first-order chi connectivity index (χ1) is 6.61. The van der Waals surface area contributed by atoms with Gasteiger partial charge in [-0.25, -0.2) is 0 Å². The van der Waals surface area contributed by atoms with Crippen LogP contribution in [0.5, 0.6) is 0 Å². The van der Waals surface area contributed by atoms with E-state index < -0.39 is 12.0 Å². The molecule has 0 aromatic heterocycles. The lowest BCUT2D eigenvalue weighted by molar-refractivity contribution is -0.142. The second kappa shape index (κ2) is 6.43. The average Bonchev–Trinajstić information content (AvgIpc) is 2.15. The standard InChI is InChI=1S/C11H15NO2.ClH/c1-12(2)10(11(13)14)8-9-6-4-3-5-7-9;/h3-7,10H,8H2,1-2H3,(H,13,14);1H/t10-;/m0./s1. The molecule has 1 N–H and O–H groups in total. The van der Waals surface area contributed by atoms with Gasteiger partial charge in [0.05, 0.1) is 0 Å². The Bertz CT molecular complexity index is 301. The molecule has 1 atom stereocenters. The van der Waals surface area contributed by atoms with Gasteiger partial charge in [-0.3, -0.25) is 9.69 Å². The number of likely N-dealkylation sites (N-methyl/N-ethyl adjacent to an activating group) is 1. The van der Waals surface area contributed by atoms with Crippen LogP contribution in [0, 0.1) is 0 Å². The highest BCUT2D eigenvalue weighted by atomic mass is 35.5. The zero-order valence-corrected chi connectivity index (χ0v) is 9.70. The van der Waals surface area contributed by atoms with Gasteiger partial charge in [0.1, 0.15) is 6.04 Å². The summed E-state index contributed by atoms with van der Waals surface area (Å²) in [6.07, 6.45) is 0.545. The SMILES string of the molecule is CN(C)[C@@H](Cc1ccccc1)C(=O)O.Cl. The number of carbonyl (C=O) groups is 1. The van der Waals surface area contributed by atoms with E-state index in [1.807, 2.05) is 30.3 Å². The molecule has 1 aromatic carbocycles. The molecule has 84 valence electrons. The number of hydrogen-bond acceptors (Lipinski definition) is 2. The average molecular weight is 230 g/mol. The Hall–Kier alpha value is -1.06. The van der Waals surface area contributed by atoms with Crippen molar-refractivity contribution in [1.29, 1.82) is 0 Å². The summed E-state index contributed by atoms with van der Waals surface area (Å²) >= 11 is 0. The predicted molar refractivity (Wildman–Crippen MR) is 62.5 cm³/mol. The normalized spacial score (nSPS) is 11.9. The Kier molecular flexibility index (Phi) is 5.97. The maximum absolute atomic E-state index is 10.9. The topological polar surface area (TPSA) is 40.5 Å². The number of nitrogens with zero attached hydrogens (tertiary/aromatic N) is 1. The summed E-state index contributed by atoms with van der Waals surface area (Å²) in [4.78, 5) is 12.6. The highest BCUT2D eigenvalue weighted by molar-refractivity contribution is 5.85. The smallest absolute Gasteiger partial charge is 0.321 e. The van der Waals surface area contributed by atoms with Crippen LogP contribution in [-0.4, -0.2) is 36.1 Å². The van der Waals surface area contributed by atoms with E-state index in [1.54, 1.807) is 19.0 Å². The van der Waals surface area contributed by atoms with Crippen LogP contribution < -0.4 is 0 Å². The van der Waals surface area contributed by atoms with Crippen LogP contribution in [-0.2, 0) is 11.2 Å². The van der Waals surface area contributed by atoms with Crippen molar-refractivity contribution in [2.45, 2.75) is 12.5 Å². The van der Waals surface area contributed by atoms with Gasteiger partial charge in [0, 0.05) is 0 Å². The zero-order chi connectivity index (χ0) is 10.6. The molecular weight excluding hydrogens is 214 g/mol. The molecule has 0 spiro atoms. The third kappa shape index (κ3) is 4.32. The third-order valence-corrected chi connectivity index (χ3v) is 2.18. The maximum Gasteiger partial charge on any atom is 0.321 e. The van der Waals surface area contributed by atoms with Crippen molar-refractivity contribution in [2.75, 3.05) is 14.1 Å². The molecule has 3 nitrogen and oxygen atoms in total. The van der Waals surface area contributed by atoms with Crippen molar-refractivity contribution in [2.24, 2.45) is 0 Å². The molecule has 0 amide bonds. The van der Waals surface area contributed by atoms with Crippen molar-refractivity contribution < 1.29 is 9.90 Å². The molecule has 4 heteroatoms. The third-order valence-electron chi connectivity index (χ3n) is 2.18. The summed E-state index contributed by atoms with van der Waals surface area (Å²) in [5.74, 6) is -0.779. The number of aliphatic carboxylic acids is 1. The lowest BCUT2D eigenvalue weighted by Crippen LogP contribution is -2.37. The molecule has 0 bridgehead atoms. The summed E-state index contributed by atoms with van der Waals surface area (Å²) < 4.78 is 0. The number of hydrogen-bond donors (Lipinski definition) is 1. The van der Waals surface area contributed by atoms with Gasteiger partial charge < -0.3 is 5.11 Å². The van der Waals surface area contributed by atoms with Crippen molar-refractivity contribution in [3.05, 3.63) is 35.9 Å². The van der Waals surface area contributed by atoms with E-state index in [2.05, 4.69) is 0 Å². The van der Waals surface area contributed by atoms with Gasteiger partial charge in [0.2, 0.25) is 0 Å². The van der Waals surface area contributed by atoms with Gasteiger partial charge >= 0.3 is 5.97 Å². The summed E-state index contributed by atoms with van der Waals surface area (Å²) in [5.41, 5.74) is 1.05. The highest BCUT2D eigenvalue weighted by Crippen LogP contribution is 2.06. The van der Waals surface area contributed by atoms with Crippen LogP contribution in [0.3, 0.4) is 0 Å². The molecule has 0 aliphatic rings. The Balaban J connectivity index is 0.00000196. The molecule has 1 rings (SSSR count). The highest BCUT2D eigenvalue weighted by Gasteiger charge is 2.19. The van der Waals surface area contributed by atoms with E-state index in [0.717, 1.165) is 5.56 Å². The Morgan fingerprint density at radius 1 is 1.33 bits per heavy atom. The van der Waals surface area contributed by atoms with Gasteiger partial charge in [-0.1, -0.05) is 30.3 Å². The Morgan fingerprint density at radius 2 is 1.87 bits per heavy atom. The molecule has 0 unspecified atom stereocenters. The number of halogens is 1. The number of carboxylic acids is 1. The minimum Gasteiger partial charge on any atom is -0.480 e. The lowest BCUT2D eigenvalue weighted by Gasteiger charge is -2.19. The predicted octanol–water partition coefficient (Wildman–Crippen LogP) is 1.67. The van der Waals surface area contributed by atoms with Crippen molar-refractivity contribution in [3.8, 4) is 0 Å². The molecule has 0 aliphatic carbocycles. The van der Waals surface area contributed by atoms with E-state index in [0.29, 0.717) is 6.42 Å². The summed E-state index contributed by atoms with van der Waals surface area (Å²) in [6.45, 7) is 0. The lowest BCUT2D eigenvalue weighted by atomic mass is 10.1. The van der Waals surface area contributed by atoms with Gasteiger partial charge in [-0.15, -0.1) is 12.4 Å². The van der Waals surface area contributed by atoms with Crippen LogP contribution in [0.1, 0.15) is 5.56 Å². The van der Waals surface area contributed by atoms with Crippen LogP contribution >= 0.6 is 12.4 Å². The quantitative estimate of drug-likeness (QED) is 0.854. The molecule has 0 saturated carbocycles. The fourth-order valence-corrected chi connectivity index (χ4v) is 1.33. The monoisotopic (exact) mass is 229 g/mol. The molecular formula is C11H16ClNO2. The second-order valence-electron chi connectivity index (χ2n) is 3.51. The van der Waals surface area contributed by atoms with E-state index in [-0.39, 0.29) is 12.4 Å². The van der Waals surface area contributed by atoms with E-state index in [1.165, 1.54) is 0 Å². The van der Waals surface area contributed by atoms with Crippen molar-refractivity contribution in [3.63, 3.8) is 0 Å². The van der Waals surface area contributed by atoms with Crippen molar-refractivity contribution in [1.82, 2.24) is 4.90 Å². The number of benzene rings is 1. The van der Waals surface area contributed by atoms with Gasteiger partial charge in [0.15, 0.2) is 0 Å². The molecule has 0 radical (unpaired) electrons. The molecule has 0 aliphatic heterocycles. The first kappa shape index (κ1) is 13.9. The molecule has 15 heavy (non-hydrogen) atoms. The van der Waals surface area contributed by atoms with E-state index in [9.17, 15) is 4.79 Å². The summed E-state index contributed by atoms with van der Waals surface area (Å²) in [6, 6.07) is 9.21. The summed E-state index contributed by atoms with van der Waals surface area (Å²) in [5, 5.41) is 8.96. The molecule has 0 heterocycles. The second-order valence-corrected chi connectivity index (χ2v) is 3.51. The van der Waals surface area contributed by atoms with Gasteiger partial charge in [-0.05, 0) is 26.1 Å². The Labute approximate surface area is 96.1 Å². The Morgan fingerprint density at radius 3 is 2.27 bits per heavy atom. The minimum atomic E-state index is -0.779. The molecule has 0 fully saturated rings. The van der Waals surface area contributed by atoms with Crippen LogP contribution in [0.25, 0.3) is 0 Å².